The van der Waals surface area contributed by atoms with Crippen molar-refractivity contribution in [2.24, 2.45) is 0 Å². The third-order valence-electron chi connectivity index (χ3n) is 2.47. The van der Waals surface area contributed by atoms with Gasteiger partial charge in [-0.15, -0.1) is 0 Å². The lowest BCUT2D eigenvalue weighted by atomic mass is 10.3. The summed E-state index contributed by atoms with van der Waals surface area (Å²) in [4.78, 5) is 8.62. The molecule has 0 atom stereocenters. The van der Waals surface area contributed by atoms with Gasteiger partial charge in [-0.1, -0.05) is 13.0 Å². The van der Waals surface area contributed by atoms with Gasteiger partial charge in [0.1, 0.15) is 5.75 Å². The Kier molecular flexibility index (Phi) is 4.95. The predicted octanol–water partition coefficient (Wildman–Crippen LogP) is 4.00. The van der Waals surface area contributed by atoms with E-state index in [1.807, 2.05) is 31.2 Å². The zero-order valence-electron chi connectivity index (χ0n) is 11.0. The topological polar surface area (TPSA) is 47.0 Å². The number of halogens is 1. The summed E-state index contributed by atoms with van der Waals surface area (Å²) in [6.45, 7) is 4.89. The minimum Gasteiger partial charge on any atom is -0.439 e. The fraction of sp³-hybridized carbons (Fsp3) is 0.286. The minimum absolute atomic E-state index is 0.593. The summed E-state index contributed by atoms with van der Waals surface area (Å²) in [5.74, 6) is 1.99. The van der Waals surface area contributed by atoms with Crippen LogP contribution in [0, 0.1) is 10.5 Å². The molecule has 4 nitrogen and oxygen atoms in total. The van der Waals surface area contributed by atoms with Gasteiger partial charge in [0.05, 0.1) is 0 Å². The van der Waals surface area contributed by atoms with E-state index in [9.17, 15) is 0 Å². The quantitative estimate of drug-likeness (QED) is 0.810. The molecule has 0 amide bonds. The molecular weight excluding hydrogens is 353 g/mol. The highest BCUT2D eigenvalue weighted by atomic mass is 127. The van der Waals surface area contributed by atoms with Crippen LogP contribution in [0.3, 0.4) is 0 Å². The Bertz CT molecular complexity index is 560. The van der Waals surface area contributed by atoms with Crippen LogP contribution in [0.25, 0.3) is 0 Å². The summed E-state index contributed by atoms with van der Waals surface area (Å²) < 4.78 is 6.95. The van der Waals surface area contributed by atoms with Crippen LogP contribution in [0.5, 0.6) is 11.6 Å². The van der Waals surface area contributed by atoms with E-state index in [1.54, 1.807) is 6.20 Å². The van der Waals surface area contributed by atoms with Crippen molar-refractivity contribution >= 4 is 28.5 Å². The average molecular weight is 369 g/mol. The first kappa shape index (κ1) is 14.0. The predicted molar refractivity (Wildman–Crippen MR) is 84.8 cm³/mol. The maximum absolute atomic E-state index is 5.81. The van der Waals surface area contributed by atoms with Crippen LogP contribution in [-0.4, -0.2) is 16.5 Å². The molecule has 2 rings (SSSR count). The second kappa shape index (κ2) is 6.70. The van der Waals surface area contributed by atoms with Crippen molar-refractivity contribution in [2.45, 2.75) is 20.3 Å². The van der Waals surface area contributed by atoms with E-state index < -0.39 is 0 Å². The van der Waals surface area contributed by atoms with E-state index in [0.29, 0.717) is 11.8 Å². The van der Waals surface area contributed by atoms with Gasteiger partial charge in [0.15, 0.2) is 0 Å². The number of aromatic nitrogens is 2. The van der Waals surface area contributed by atoms with Crippen LogP contribution >= 0.6 is 22.6 Å². The van der Waals surface area contributed by atoms with Gasteiger partial charge in [0.2, 0.25) is 11.8 Å². The number of nitrogens with one attached hydrogen (secondary N) is 1. The molecule has 0 aliphatic carbocycles. The van der Waals surface area contributed by atoms with Crippen LogP contribution in [0.4, 0.5) is 5.95 Å². The molecule has 100 valence electrons. The van der Waals surface area contributed by atoms with Crippen LogP contribution in [0.2, 0.25) is 0 Å². The van der Waals surface area contributed by atoms with Gasteiger partial charge in [-0.05, 0) is 54.1 Å². The highest BCUT2D eigenvalue weighted by Crippen LogP contribution is 2.24. The maximum atomic E-state index is 5.81. The molecule has 2 aromatic rings. The molecule has 0 fully saturated rings. The van der Waals surface area contributed by atoms with E-state index >= 15 is 0 Å². The molecule has 0 unspecified atom stereocenters. The van der Waals surface area contributed by atoms with E-state index in [4.69, 9.17) is 4.74 Å². The molecule has 19 heavy (non-hydrogen) atoms. The molecule has 1 aromatic carbocycles. The second-order valence-electron chi connectivity index (χ2n) is 4.17. The summed E-state index contributed by atoms with van der Waals surface area (Å²) in [7, 11) is 0. The van der Waals surface area contributed by atoms with Gasteiger partial charge in [0.25, 0.3) is 0 Å². The SMILES string of the molecule is CCCNc1ncc(C)c(Oc2cccc(I)c2)n1. The molecule has 0 bridgehead atoms. The largest absolute Gasteiger partial charge is 0.439 e. The van der Waals surface area contributed by atoms with Gasteiger partial charge >= 0.3 is 0 Å². The molecule has 0 aliphatic heterocycles. The first-order chi connectivity index (χ1) is 9.19. The molecule has 0 saturated carbocycles. The molecular formula is C14H16IN3O. The number of nitrogens with zero attached hydrogens (tertiary/aromatic N) is 2. The second-order valence-corrected chi connectivity index (χ2v) is 5.41. The lowest BCUT2D eigenvalue weighted by Gasteiger charge is -2.09. The number of anilines is 1. The van der Waals surface area contributed by atoms with Crippen molar-refractivity contribution in [2.75, 3.05) is 11.9 Å². The summed E-state index contributed by atoms with van der Waals surface area (Å²) in [6.07, 6.45) is 2.80. The van der Waals surface area contributed by atoms with Gasteiger partial charge < -0.3 is 10.1 Å². The fourth-order valence-electron chi connectivity index (χ4n) is 1.49. The minimum atomic E-state index is 0.593. The third kappa shape index (κ3) is 4.05. The number of hydrogen-bond donors (Lipinski definition) is 1. The Morgan fingerprint density at radius 2 is 2.21 bits per heavy atom. The smallest absolute Gasteiger partial charge is 0.226 e. The molecule has 5 heteroatoms. The van der Waals surface area contributed by atoms with E-state index in [0.717, 1.165) is 27.8 Å². The molecule has 0 aliphatic rings. The Labute approximate surface area is 126 Å². The standard InChI is InChI=1S/C14H16IN3O/c1-3-7-16-14-17-9-10(2)13(18-14)19-12-6-4-5-11(15)8-12/h4-6,8-9H,3,7H2,1-2H3,(H,16,17,18). The summed E-state index contributed by atoms with van der Waals surface area (Å²) in [5, 5.41) is 3.16. The summed E-state index contributed by atoms with van der Waals surface area (Å²) in [6, 6.07) is 7.88. The molecule has 1 N–H and O–H groups in total. The lowest BCUT2D eigenvalue weighted by molar-refractivity contribution is 0.458. The highest BCUT2D eigenvalue weighted by Gasteiger charge is 2.06. The first-order valence-electron chi connectivity index (χ1n) is 6.20. The zero-order valence-corrected chi connectivity index (χ0v) is 13.1. The number of benzene rings is 1. The summed E-state index contributed by atoms with van der Waals surface area (Å²) in [5.41, 5.74) is 0.918. The third-order valence-corrected chi connectivity index (χ3v) is 3.14. The average Bonchev–Trinajstić information content (AvgIpc) is 2.40. The molecule has 0 saturated heterocycles. The van der Waals surface area contributed by atoms with Crippen molar-refractivity contribution in [3.8, 4) is 11.6 Å². The molecule has 1 heterocycles. The number of ether oxygens (including phenoxy) is 1. The van der Waals surface area contributed by atoms with Crippen molar-refractivity contribution in [1.82, 2.24) is 9.97 Å². The number of rotatable bonds is 5. The van der Waals surface area contributed by atoms with E-state index in [-0.39, 0.29) is 0 Å². The molecule has 0 radical (unpaired) electrons. The zero-order chi connectivity index (χ0) is 13.7. The van der Waals surface area contributed by atoms with Crippen molar-refractivity contribution in [3.63, 3.8) is 0 Å². The van der Waals surface area contributed by atoms with Crippen LogP contribution in [-0.2, 0) is 0 Å². The van der Waals surface area contributed by atoms with Gasteiger partial charge in [0, 0.05) is 21.9 Å². The van der Waals surface area contributed by atoms with Crippen molar-refractivity contribution in [3.05, 3.63) is 39.6 Å². The molecule has 1 aromatic heterocycles. The fourth-order valence-corrected chi connectivity index (χ4v) is 2.01. The number of hydrogen-bond acceptors (Lipinski definition) is 4. The number of aryl methyl sites for hydroxylation is 1. The first-order valence-corrected chi connectivity index (χ1v) is 7.28. The van der Waals surface area contributed by atoms with Crippen molar-refractivity contribution < 1.29 is 4.74 Å². The monoisotopic (exact) mass is 369 g/mol. The van der Waals surface area contributed by atoms with Gasteiger partial charge in [-0.2, -0.15) is 4.98 Å². The Morgan fingerprint density at radius 1 is 1.37 bits per heavy atom. The van der Waals surface area contributed by atoms with E-state index in [1.165, 1.54) is 0 Å². The molecule has 0 spiro atoms. The van der Waals surface area contributed by atoms with Crippen molar-refractivity contribution in [1.29, 1.82) is 0 Å². The van der Waals surface area contributed by atoms with Gasteiger partial charge in [-0.25, -0.2) is 4.98 Å². The Hall–Kier alpha value is -1.37. The van der Waals surface area contributed by atoms with Crippen LogP contribution in [0.15, 0.2) is 30.5 Å². The van der Waals surface area contributed by atoms with Crippen LogP contribution < -0.4 is 10.1 Å². The van der Waals surface area contributed by atoms with Gasteiger partial charge in [-0.3, -0.25) is 0 Å². The normalized spacial score (nSPS) is 10.3. The Balaban J connectivity index is 2.19. The summed E-state index contributed by atoms with van der Waals surface area (Å²) >= 11 is 2.26. The van der Waals surface area contributed by atoms with E-state index in [2.05, 4.69) is 44.8 Å². The lowest BCUT2D eigenvalue weighted by Crippen LogP contribution is -2.05. The van der Waals surface area contributed by atoms with Crippen LogP contribution in [0.1, 0.15) is 18.9 Å². The maximum Gasteiger partial charge on any atom is 0.226 e. The Morgan fingerprint density at radius 3 is 2.95 bits per heavy atom. The highest BCUT2D eigenvalue weighted by molar-refractivity contribution is 14.1.